The summed E-state index contributed by atoms with van der Waals surface area (Å²) in [4.78, 5) is 11.0. The standard InChI is InChI=1S/C10H11FO3/c1-3-14-10-8(11)5-4-7(6(2)12)9(10)13/h4-5,13H,3H2,1-2H3. The highest BCUT2D eigenvalue weighted by Gasteiger charge is 2.16. The predicted octanol–water partition coefficient (Wildman–Crippen LogP) is 2.13. The number of halogens is 1. The van der Waals surface area contributed by atoms with Crippen molar-refractivity contribution in [3.05, 3.63) is 23.5 Å². The van der Waals surface area contributed by atoms with Gasteiger partial charge >= 0.3 is 0 Å². The summed E-state index contributed by atoms with van der Waals surface area (Å²) in [5.74, 6) is -1.70. The van der Waals surface area contributed by atoms with Gasteiger partial charge in [0.15, 0.2) is 23.1 Å². The Hall–Kier alpha value is -1.58. The Morgan fingerprint density at radius 3 is 2.71 bits per heavy atom. The number of ether oxygens (including phenoxy) is 1. The van der Waals surface area contributed by atoms with Gasteiger partial charge in [0.05, 0.1) is 12.2 Å². The van der Waals surface area contributed by atoms with E-state index in [1.165, 1.54) is 13.0 Å². The molecule has 0 aromatic heterocycles. The topological polar surface area (TPSA) is 46.5 Å². The fourth-order valence-electron chi connectivity index (χ4n) is 1.11. The molecule has 0 saturated heterocycles. The van der Waals surface area contributed by atoms with E-state index in [9.17, 15) is 14.3 Å². The van der Waals surface area contributed by atoms with Crippen molar-refractivity contribution in [1.29, 1.82) is 0 Å². The fourth-order valence-corrected chi connectivity index (χ4v) is 1.11. The fraction of sp³-hybridized carbons (Fsp3) is 0.300. The van der Waals surface area contributed by atoms with Crippen molar-refractivity contribution >= 4 is 5.78 Å². The van der Waals surface area contributed by atoms with Gasteiger partial charge in [0.1, 0.15) is 0 Å². The lowest BCUT2D eigenvalue weighted by atomic mass is 10.1. The summed E-state index contributed by atoms with van der Waals surface area (Å²) >= 11 is 0. The molecule has 0 aliphatic rings. The van der Waals surface area contributed by atoms with E-state index < -0.39 is 11.6 Å². The highest BCUT2D eigenvalue weighted by Crippen LogP contribution is 2.32. The minimum Gasteiger partial charge on any atom is -0.504 e. The van der Waals surface area contributed by atoms with Gasteiger partial charge in [-0.3, -0.25) is 4.79 Å². The third kappa shape index (κ3) is 1.84. The molecule has 3 nitrogen and oxygen atoms in total. The summed E-state index contributed by atoms with van der Waals surface area (Å²) < 4.78 is 18.0. The van der Waals surface area contributed by atoms with Crippen LogP contribution in [0.1, 0.15) is 24.2 Å². The average Bonchev–Trinajstić information content (AvgIpc) is 2.11. The molecule has 1 aromatic rings. The molecular weight excluding hydrogens is 187 g/mol. The molecule has 0 amide bonds. The first-order valence-electron chi connectivity index (χ1n) is 4.23. The molecule has 0 fully saturated rings. The average molecular weight is 198 g/mol. The largest absolute Gasteiger partial charge is 0.504 e. The maximum atomic E-state index is 13.1. The zero-order valence-corrected chi connectivity index (χ0v) is 8.00. The number of carbonyl (C=O) groups is 1. The molecule has 0 bridgehead atoms. The number of phenolic OH excluding ortho intramolecular Hbond substituents is 1. The van der Waals surface area contributed by atoms with Crippen LogP contribution in [0.2, 0.25) is 0 Å². The summed E-state index contributed by atoms with van der Waals surface area (Å²) in [7, 11) is 0. The Labute approximate surface area is 81.1 Å². The highest BCUT2D eigenvalue weighted by molar-refractivity contribution is 5.97. The van der Waals surface area contributed by atoms with Gasteiger partial charge in [-0.25, -0.2) is 4.39 Å². The van der Waals surface area contributed by atoms with Crippen LogP contribution in [0.25, 0.3) is 0 Å². The smallest absolute Gasteiger partial charge is 0.197 e. The molecule has 1 rings (SSSR count). The Balaban J connectivity index is 3.26. The van der Waals surface area contributed by atoms with Crippen molar-refractivity contribution in [3.63, 3.8) is 0 Å². The van der Waals surface area contributed by atoms with Crippen LogP contribution in [0.3, 0.4) is 0 Å². The van der Waals surface area contributed by atoms with E-state index in [1.54, 1.807) is 6.92 Å². The first-order chi connectivity index (χ1) is 6.57. The molecule has 1 N–H and O–H groups in total. The van der Waals surface area contributed by atoms with E-state index in [4.69, 9.17) is 4.74 Å². The first kappa shape index (κ1) is 10.5. The summed E-state index contributed by atoms with van der Waals surface area (Å²) in [6.45, 7) is 3.19. The molecule has 0 unspecified atom stereocenters. The molecule has 0 aliphatic heterocycles. The number of hydrogen-bond donors (Lipinski definition) is 1. The SMILES string of the molecule is CCOc1c(F)ccc(C(C)=O)c1O. The summed E-state index contributed by atoms with van der Waals surface area (Å²) in [5.41, 5.74) is 0.0647. The number of carbonyl (C=O) groups excluding carboxylic acids is 1. The Kier molecular flexibility index (Phi) is 3.06. The molecule has 0 spiro atoms. The van der Waals surface area contributed by atoms with Gasteiger partial charge in [-0.05, 0) is 26.0 Å². The molecular formula is C10H11FO3. The summed E-state index contributed by atoms with van der Waals surface area (Å²) in [6.07, 6.45) is 0. The number of rotatable bonds is 3. The zero-order chi connectivity index (χ0) is 10.7. The second kappa shape index (κ2) is 4.09. The molecule has 0 aliphatic carbocycles. The number of Topliss-reactive ketones (excluding diaryl/α,β-unsaturated/α-hetero) is 1. The molecule has 0 atom stereocenters. The minimum atomic E-state index is -0.672. The van der Waals surface area contributed by atoms with Crippen LogP contribution < -0.4 is 4.74 Å². The van der Waals surface area contributed by atoms with E-state index in [-0.39, 0.29) is 23.7 Å². The third-order valence-corrected chi connectivity index (χ3v) is 1.75. The molecule has 4 heteroatoms. The number of hydrogen-bond acceptors (Lipinski definition) is 3. The van der Waals surface area contributed by atoms with Crippen LogP contribution in [-0.4, -0.2) is 17.5 Å². The van der Waals surface area contributed by atoms with Crippen LogP contribution in [-0.2, 0) is 0 Å². The van der Waals surface area contributed by atoms with Gasteiger partial charge in [0, 0.05) is 0 Å². The van der Waals surface area contributed by atoms with E-state index in [0.29, 0.717) is 0 Å². The molecule has 14 heavy (non-hydrogen) atoms. The van der Waals surface area contributed by atoms with Crippen LogP contribution in [0, 0.1) is 5.82 Å². The van der Waals surface area contributed by atoms with Gasteiger partial charge in [-0.15, -0.1) is 0 Å². The van der Waals surface area contributed by atoms with Crippen molar-refractivity contribution in [2.45, 2.75) is 13.8 Å². The van der Waals surface area contributed by atoms with Crippen LogP contribution in [0.15, 0.2) is 12.1 Å². The second-order valence-electron chi connectivity index (χ2n) is 2.76. The number of ketones is 1. The van der Waals surface area contributed by atoms with E-state index in [0.717, 1.165) is 6.07 Å². The second-order valence-corrected chi connectivity index (χ2v) is 2.76. The summed E-state index contributed by atoms with van der Waals surface area (Å²) in [5, 5.41) is 9.49. The maximum absolute atomic E-state index is 13.1. The lowest BCUT2D eigenvalue weighted by molar-refractivity contribution is 0.101. The maximum Gasteiger partial charge on any atom is 0.197 e. The van der Waals surface area contributed by atoms with Gasteiger partial charge in [-0.1, -0.05) is 0 Å². The predicted molar refractivity (Wildman–Crippen MR) is 49.2 cm³/mol. The molecule has 0 saturated carbocycles. The van der Waals surface area contributed by atoms with Crippen LogP contribution in [0.4, 0.5) is 4.39 Å². The highest BCUT2D eigenvalue weighted by atomic mass is 19.1. The van der Waals surface area contributed by atoms with Crippen LogP contribution >= 0.6 is 0 Å². The van der Waals surface area contributed by atoms with Crippen LogP contribution in [0.5, 0.6) is 11.5 Å². The van der Waals surface area contributed by atoms with Crippen molar-refractivity contribution in [3.8, 4) is 11.5 Å². The molecule has 76 valence electrons. The van der Waals surface area contributed by atoms with E-state index >= 15 is 0 Å². The minimum absolute atomic E-state index is 0.0647. The van der Waals surface area contributed by atoms with Gasteiger partial charge < -0.3 is 9.84 Å². The first-order valence-corrected chi connectivity index (χ1v) is 4.23. The van der Waals surface area contributed by atoms with Gasteiger partial charge in [-0.2, -0.15) is 0 Å². The summed E-state index contributed by atoms with van der Waals surface area (Å²) in [6, 6.07) is 2.33. The van der Waals surface area contributed by atoms with Crippen molar-refractivity contribution in [2.24, 2.45) is 0 Å². The Morgan fingerprint density at radius 1 is 1.57 bits per heavy atom. The number of phenols is 1. The van der Waals surface area contributed by atoms with Crippen molar-refractivity contribution in [2.75, 3.05) is 6.61 Å². The number of aromatic hydroxyl groups is 1. The Morgan fingerprint density at radius 2 is 2.21 bits per heavy atom. The number of benzene rings is 1. The molecule has 1 aromatic carbocycles. The monoisotopic (exact) mass is 198 g/mol. The molecule has 0 radical (unpaired) electrons. The van der Waals surface area contributed by atoms with E-state index in [1.807, 2.05) is 0 Å². The molecule has 0 heterocycles. The Bertz CT molecular complexity index is 361. The quantitative estimate of drug-likeness (QED) is 0.757. The van der Waals surface area contributed by atoms with Gasteiger partial charge in [0.2, 0.25) is 0 Å². The normalized spacial score (nSPS) is 9.93. The van der Waals surface area contributed by atoms with Crippen molar-refractivity contribution < 1.29 is 19.0 Å². The third-order valence-electron chi connectivity index (χ3n) is 1.75. The van der Waals surface area contributed by atoms with Crippen molar-refractivity contribution in [1.82, 2.24) is 0 Å². The lowest BCUT2D eigenvalue weighted by Crippen LogP contribution is -2.00. The van der Waals surface area contributed by atoms with Gasteiger partial charge in [0.25, 0.3) is 0 Å². The lowest BCUT2D eigenvalue weighted by Gasteiger charge is -2.09. The zero-order valence-electron chi connectivity index (χ0n) is 8.00. The van der Waals surface area contributed by atoms with E-state index in [2.05, 4.69) is 0 Å².